The normalized spacial score (nSPS) is 11.8. The van der Waals surface area contributed by atoms with Gasteiger partial charge in [0.15, 0.2) is 5.78 Å². The summed E-state index contributed by atoms with van der Waals surface area (Å²) in [6.45, 7) is 0. The van der Waals surface area contributed by atoms with Crippen LogP contribution in [0.25, 0.3) is 0 Å². The lowest BCUT2D eigenvalue weighted by Crippen LogP contribution is -2.09. The van der Waals surface area contributed by atoms with Crippen LogP contribution in [0.2, 0.25) is 0 Å². The van der Waals surface area contributed by atoms with Gasteiger partial charge in [-0.15, -0.1) is 11.3 Å². The van der Waals surface area contributed by atoms with Gasteiger partial charge < -0.3 is 0 Å². The summed E-state index contributed by atoms with van der Waals surface area (Å²) >= 11 is 1.30. The van der Waals surface area contributed by atoms with Crippen LogP contribution in [0.5, 0.6) is 0 Å². The summed E-state index contributed by atoms with van der Waals surface area (Å²) in [6, 6.07) is 10.8. The van der Waals surface area contributed by atoms with Crippen LogP contribution < -0.4 is 0 Å². The Bertz CT molecular complexity index is 554. The van der Waals surface area contributed by atoms with E-state index < -0.39 is 5.92 Å². The number of carbonyl (C=O) groups is 1. The summed E-state index contributed by atoms with van der Waals surface area (Å²) in [4.78, 5) is 12.6. The van der Waals surface area contributed by atoms with Crippen molar-refractivity contribution in [1.82, 2.24) is 0 Å². The summed E-state index contributed by atoms with van der Waals surface area (Å²) in [5.74, 6) is -1.49. The van der Waals surface area contributed by atoms with Crippen molar-refractivity contribution in [3.8, 4) is 6.07 Å². The molecule has 2 rings (SSSR count). The van der Waals surface area contributed by atoms with E-state index in [9.17, 15) is 9.18 Å². The molecule has 0 amide bonds. The van der Waals surface area contributed by atoms with Gasteiger partial charge in [-0.25, -0.2) is 4.39 Å². The van der Waals surface area contributed by atoms with Crippen LogP contribution in [-0.2, 0) is 0 Å². The Hall–Kier alpha value is -1.99. The number of hydrogen-bond acceptors (Lipinski definition) is 3. The smallest absolute Gasteiger partial charge is 0.194 e. The standard InChI is InChI=1S/C13H8FNOS/c14-10-5-3-9(4-6-10)11(8-15)13(16)12-2-1-7-17-12/h1-7,11H. The van der Waals surface area contributed by atoms with E-state index in [0.717, 1.165) is 0 Å². The van der Waals surface area contributed by atoms with Crippen LogP contribution in [0.3, 0.4) is 0 Å². The average Bonchev–Trinajstić information content (AvgIpc) is 2.86. The van der Waals surface area contributed by atoms with Gasteiger partial charge in [0.25, 0.3) is 0 Å². The molecule has 0 aliphatic carbocycles. The van der Waals surface area contributed by atoms with Crippen LogP contribution in [0.1, 0.15) is 21.2 Å². The third kappa shape index (κ3) is 2.40. The SMILES string of the molecule is N#CC(C(=O)c1cccs1)c1ccc(F)cc1. The van der Waals surface area contributed by atoms with Gasteiger partial charge in [-0.1, -0.05) is 18.2 Å². The molecule has 0 bridgehead atoms. The van der Waals surface area contributed by atoms with E-state index in [2.05, 4.69) is 0 Å². The minimum absolute atomic E-state index is 0.242. The fraction of sp³-hybridized carbons (Fsp3) is 0.0769. The second kappa shape index (κ2) is 4.89. The van der Waals surface area contributed by atoms with Crippen LogP contribution in [0.4, 0.5) is 4.39 Å². The lowest BCUT2D eigenvalue weighted by Gasteiger charge is -2.06. The monoisotopic (exact) mass is 245 g/mol. The van der Waals surface area contributed by atoms with Crippen molar-refractivity contribution in [2.45, 2.75) is 5.92 Å². The van der Waals surface area contributed by atoms with Crippen molar-refractivity contribution in [3.63, 3.8) is 0 Å². The summed E-state index contributed by atoms with van der Waals surface area (Å²) in [5, 5.41) is 10.8. The number of nitriles is 1. The first-order valence-corrected chi connectivity index (χ1v) is 5.83. The highest BCUT2D eigenvalue weighted by Crippen LogP contribution is 2.23. The van der Waals surface area contributed by atoms with Gasteiger partial charge >= 0.3 is 0 Å². The maximum atomic E-state index is 12.8. The lowest BCUT2D eigenvalue weighted by molar-refractivity contribution is 0.0983. The minimum Gasteiger partial charge on any atom is -0.291 e. The van der Waals surface area contributed by atoms with Crippen LogP contribution >= 0.6 is 11.3 Å². The molecule has 2 nitrogen and oxygen atoms in total. The zero-order chi connectivity index (χ0) is 12.3. The summed E-state index contributed by atoms with van der Waals surface area (Å²) in [5.41, 5.74) is 0.521. The minimum atomic E-state index is -0.866. The Morgan fingerprint density at radius 2 is 2.00 bits per heavy atom. The van der Waals surface area contributed by atoms with E-state index in [1.807, 2.05) is 6.07 Å². The molecule has 0 radical (unpaired) electrons. The fourth-order valence-electron chi connectivity index (χ4n) is 1.50. The van der Waals surface area contributed by atoms with Crippen LogP contribution in [0.15, 0.2) is 41.8 Å². The van der Waals surface area contributed by atoms with E-state index in [0.29, 0.717) is 10.4 Å². The summed E-state index contributed by atoms with van der Waals surface area (Å²) in [6.07, 6.45) is 0. The molecule has 0 saturated carbocycles. The van der Waals surface area contributed by atoms with Crippen molar-refractivity contribution >= 4 is 17.1 Å². The van der Waals surface area contributed by atoms with E-state index in [-0.39, 0.29) is 11.6 Å². The van der Waals surface area contributed by atoms with Gasteiger partial charge in [0, 0.05) is 0 Å². The van der Waals surface area contributed by atoms with Gasteiger partial charge in [-0.3, -0.25) is 4.79 Å². The average molecular weight is 245 g/mol. The second-order valence-corrected chi connectivity index (χ2v) is 4.40. The quantitative estimate of drug-likeness (QED) is 0.778. The summed E-state index contributed by atoms with van der Waals surface area (Å²) in [7, 11) is 0. The maximum Gasteiger partial charge on any atom is 0.194 e. The number of hydrogen-bond donors (Lipinski definition) is 0. The molecule has 1 aromatic heterocycles. The largest absolute Gasteiger partial charge is 0.291 e. The Morgan fingerprint density at radius 1 is 1.29 bits per heavy atom. The highest BCUT2D eigenvalue weighted by molar-refractivity contribution is 7.12. The molecule has 1 unspecified atom stereocenters. The second-order valence-electron chi connectivity index (χ2n) is 3.46. The van der Waals surface area contributed by atoms with Gasteiger partial charge in [-0.2, -0.15) is 5.26 Å². The Morgan fingerprint density at radius 3 is 2.53 bits per heavy atom. The van der Waals surface area contributed by atoms with Gasteiger partial charge in [0.2, 0.25) is 0 Å². The topological polar surface area (TPSA) is 40.9 Å². The Balaban J connectivity index is 2.32. The molecule has 1 aromatic carbocycles. The van der Waals surface area contributed by atoms with E-state index in [1.54, 1.807) is 17.5 Å². The molecule has 0 aliphatic heterocycles. The molecular formula is C13H8FNOS. The number of carbonyl (C=O) groups excluding carboxylic acids is 1. The predicted molar refractivity (Wildman–Crippen MR) is 63.4 cm³/mol. The molecule has 2 aromatic rings. The summed E-state index contributed by atoms with van der Waals surface area (Å²) < 4.78 is 12.8. The molecule has 0 fully saturated rings. The zero-order valence-corrected chi connectivity index (χ0v) is 9.58. The number of rotatable bonds is 3. The number of halogens is 1. The third-order valence-corrected chi connectivity index (χ3v) is 3.24. The molecule has 0 spiro atoms. The van der Waals surface area contributed by atoms with E-state index >= 15 is 0 Å². The number of thiophene rings is 1. The number of nitrogens with zero attached hydrogens (tertiary/aromatic N) is 1. The molecule has 1 atom stereocenters. The molecule has 0 aliphatic rings. The molecule has 84 valence electrons. The molecular weight excluding hydrogens is 237 g/mol. The predicted octanol–water partition coefficient (Wildman–Crippen LogP) is 3.38. The van der Waals surface area contributed by atoms with Crippen molar-refractivity contribution in [3.05, 3.63) is 58.0 Å². The number of Topliss-reactive ketones (excluding diaryl/α,β-unsaturated/α-hetero) is 1. The van der Waals surface area contributed by atoms with E-state index in [1.165, 1.54) is 35.6 Å². The third-order valence-electron chi connectivity index (χ3n) is 2.36. The fourth-order valence-corrected chi connectivity index (χ4v) is 2.20. The molecule has 1 heterocycles. The first-order chi connectivity index (χ1) is 8.22. The Kier molecular flexibility index (Phi) is 3.31. The number of ketones is 1. The highest BCUT2D eigenvalue weighted by Gasteiger charge is 2.22. The first-order valence-electron chi connectivity index (χ1n) is 4.95. The van der Waals surface area contributed by atoms with E-state index in [4.69, 9.17) is 5.26 Å². The molecule has 4 heteroatoms. The van der Waals surface area contributed by atoms with Gasteiger partial charge in [0.1, 0.15) is 11.7 Å². The number of benzene rings is 1. The van der Waals surface area contributed by atoms with Crippen molar-refractivity contribution in [2.24, 2.45) is 0 Å². The van der Waals surface area contributed by atoms with Gasteiger partial charge in [-0.05, 0) is 29.1 Å². The Labute approximate surface area is 102 Å². The van der Waals surface area contributed by atoms with Crippen molar-refractivity contribution in [1.29, 1.82) is 5.26 Å². The first kappa shape index (κ1) is 11.5. The highest BCUT2D eigenvalue weighted by atomic mass is 32.1. The van der Waals surface area contributed by atoms with Crippen LogP contribution in [-0.4, -0.2) is 5.78 Å². The zero-order valence-electron chi connectivity index (χ0n) is 8.76. The van der Waals surface area contributed by atoms with Crippen molar-refractivity contribution in [2.75, 3.05) is 0 Å². The van der Waals surface area contributed by atoms with Gasteiger partial charge in [0.05, 0.1) is 10.9 Å². The van der Waals surface area contributed by atoms with Crippen molar-refractivity contribution < 1.29 is 9.18 Å². The molecule has 17 heavy (non-hydrogen) atoms. The maximum absolute atomic E-state index is 12.8. The van der Waals surface area contributed by atoms with Crippen LogP contribution in [0, 0.1) is 17.1 Å². The molecule has 0 saturated heterocycles. The molecule has 0 N–H and O–H groups in total. The lowest BCUT2D eigenvalue weighted by atomic mass is 9.95.